The van der Waals surface area contributed by atoms with Crippen molar-refractivity contribution in [2.45, 2.75) is 82.1 Å². The van der Waals surface area contributed by atoms with Gasteiger partial charge in [0.2, 0.25) is 0 Å². The van der Waals surface area contributed by atoms with Gasteiger partial charge in [-0.15, -0.1) is 0 Å². The molecule has 0 aliphatic heterocycles. The first-order valence-electron chi connectivity index (χ1n) is 29.0. The smallest absolute Gasteiger partial charge is 0.164 e. The Morgan fingerprint density at radius 1 is 0.278 bits per heavy atom. The van der Waals surface area contributed by atoms with E-state index in [2.05, 4.69) is 99.7 Å². The molecule has 0 amide bonds. The van der Waals surface area contributed by atoms with Gasteiger partial charge in [-0.2, -0.15) is 10.5 Å². The van der Waals surface area contributed by atoms with E-state index in [-0.39, 0.29) is 0 Å². The number of hydrogen-bond donors (Lipinski definition) is 0. The number of fused-ring (bicyclic) bond motifs is 6. The average molecular weight is 1180 g/mol. The van der Waals surface area contributed by atoms with Crippen LogP contribution >= 0.6 is 0 Å². The largest absolute Gasteiger partial charge is 0.309 e. The number of aryl methyl sites for hydroxylation is 12. The van der Waals surface area contributed by atoms with Gasteiger partial charge >= 0.3 is 0 Å². The number of nitriles is 2. The lowest BCUT2D eigenvalue weighted by atomic mass is 10.1. The second kappa shape index (κ2) is 22.0. The van der Waals surface area contributed by atoms with Crippen molar-refractivity contribution in [1.82, 2.24) is 98.8 Å². The molecule has 0 radical (unpaired) electrons. The van der Waals surface area contributed by atoms with Crippen molar-refractivity contribution >= 4 is 43.6 Å². The van der Waals surface area contributed by atoms with Crippen LogP contribution < -0.4 is 0 Å². The molecule has 434 valence electrons. The van der Waals surface area contributed by atoms with Crippen LogP contribution in [-0.4, -0.2) is 98.8 Å². The van der Waals surface area contributed by atoms with Gasteiger partial charge in [-0.25, -0.2) is 89.7 Å². The predicted octanol–water partition coefficient (Wildman–Crippen LogP) is 11.6. The molecule has 0 fully saturated rings. The molecule has 6 aromatic carbocycles. The molecule has 22 nitrogen and oxygen atoms in total. The molecule has 14 aromatic rings. The molecule has 0 aliphatic carbocycles. The van der Waals surface area contributed by atoms with Crippen molar-refractivity contribution in [2.75, 3.05) is 0 Å². The van der Waals surface area contributed by atoms with E-state index in [0.717, 1.165) is 77.2 Å². The Morgan fingerprint density at radius 3 is 0.944 bits per heavy atom. The molecule has 0 bridgehead atoms. The van der Waals surface area contributed by atoms with Gasteiger partial charge in [0, 0.05) is 79.1 Å². The summed E-state index contributed by atoms with van der Waals surface area (Å²) in [6, 6.07) is 40.9. The summed E-state index contributed by atoms with van der Waals surface area (Å²) in [5.41, 5.74) is 10.1. The summed E-state index contributed by atoms with van der Waals surface area (Å²) in [4.78, 5) is 84.5. The highest BCUT2D eigenvalue weighted by atomic mass is 15.1. The Balaban J connectivity index is 0.832. The van der Waals surface area contributed by atoms with E-state index in [9.17, 15) is 10.5 Å². The third-order valence-electron chi connectivity index (χ3n) is 15.4. The summed E-state index contributed by atoms with van der Waals surface area (Å²) < 4.78 is 4.30. The summed E-state index contributed by atoms with van der Waals surface area (Å²) in [6.07, 6.45) is 0.712. The molecule has 22 heteroatoms. The topological polar surface area (TPSA) is 289 Å². The SMILES string of the molecule is Cc1nc(C)nc(-c2ccc3c4ccc(-c5nc(C)nc(C)n5)cc4n(-c4ccc(C#N)c(-c5nc(C)nc(CCc6nc(C)nc(-c7ccc8c9ccc(-c%10nc(C)nc(C)n%10)cc9n(-c9ccc(-c%10nc(C)nc(C)n%10)c(C#N)c9)c8c7)n6)n5)c4)c3c2)n1. The van der Waals surface area contributed by atoms with E-state index in [4.69, 9.17) is 59.8 Å². The first-order valence-corrected chi connectivity index (χ1v) is 29.0. The fourth-order valence-corrected chi connectivity index (χ4v) is 11.8. The van der Waals surface area contributed by atoms with Crippen LogP contribution in [0.5, 0.6) is 0 Å². The zero-order chi connectivity index (χ0) is 62.2. The summed E-state index contributed by atoms with van der Waals surface area (Å²) >= 11 is 0. The predicted molar refractivity (Wildman–Crippen MR) is 339 cm³/mol. The van der Waals surface area contributed by atoms with E-state index < -0.39 is 0 Å². The van der Waals surface area contributed by atoms with Crippen molar-refractivity contribution in [3.8, 4) is 91.8 Å². The lowest BCUT2D eigenvalue weighted by Gasteiger charge is -2.13. The van der Waals surface area contributed by atoms with Crippen LogP contribution in [0.25, 0.3) is 123 Å². The molecule has 8 heterocycles. The lowest BCUT2D eigenvalue weighted by Crippen LogP contribution is -2.08. The molecule has 0 spiro atoms. The normalized spacial score (nSPS) is 11.5. The monoisotopic (exact) mass is 1180 g/mol. The lowest BCUT2D eigenvalue weighted by molar-refractivity contribution is 0.768. The van der Waals surface area contributed by atoms with Gasteiger partial charge in [0.25, 0.3) is 0 Å². The number of rotatable bonds is 11. The highest BCUT2D eigenvalue weighted by Gasteiger charge is 2.23. The maximum atomic E-state index is 10.7. The minimum atomic E-state index is 0.347. The highest BCUT2D eigenvalue weighted by Crippen LogP contribution is 2.40. The number of aromatic nitrogens is 20. The first kappa shape index (κ1) is 55.8. The summed E-state index contributed by atoms with van der Waals surface area (Å²) in [5, 5.41) is 25.3. The van der Waals surface area contributed by atoms with Crippen LogP contribution in [-0.2, 0) is 12.8 Å². The number of nitrogens with zero attached hydrogens (tertiary/aromatic N) is 22. The van der Waals surface area contributed by atoms with E-state index in [1.54, 1.807) is 6.07 Å². The highest BCUT2D eigenvalue weighted by molar-refractivity contribution is 6.12. The average Bonchev–Trinajstić information content (AvgIpc) is 1.61. The standard InChI is InChI=1S/C68H52N22/c1-33-71-34(2)78-63(77-33)43-12-18-52-53-21-15-46(29-58(53)89(57(52)26-43)49-17-22-51(48(25-49)32-70)67-84-39(7)74-40(8)85-67)66-83-41(9)75-61(87-66)23-24-62-76-42(10)86-68(88-62)56-30-50(16-11-47(56)31-69)90-59-27-44(64-79-35(3)72-36(4)80-64)13-19-54(59)55-20-14-45(28-60(55)90)65-81-37(5)73-38(6)82-65/h11-22,25-30H,23-24H2,1-10H3. The Hall–Kier alpha value is -12.0. The molecule has 0 unspecified atom stereocenters. The van der Waals surface area contributed by atoms with Crippen molar-refractivity contribution in [2.24, 2.45) is 0 Å². The minimum Gasteiger partial charge on any atom is -0.309 e. The quantitative estimate of drug-likeness (QED) is 0.116. The third kappa shape index (κ3) is 10.4. The Morgan fingerprint density at radius 2 is 0.578 bits per heavy atom. The summed E-state index contributed by atoms with van der Waals surface area (Å²) in [5.74, 6) is 9.82. The van der Waals surface area contributed by atoms with E-state index >= 15 is 0 Å². The van der Waals surface area contributed by atoms with E-state index in [1.165, 1.54) is 0 Å². The Labute approximate surface area is 514 Å². The van der Waals surface area contributed by atoms with Crippen LogP contribution in [0.15, 0.2) is 109 Å². The van der Waals surface area contributed by atoms with Crippen LogP contribution in [0.2, 0.25) is 0 Å². The van der Waals surface area contributed by atoms with Crippen molar-refractivity contribution in [3.05, 3.63) is 190 Å². The van der Waals surface area contributed by atoms with Gasteiger partial charge < -0.3 is 9.13 Å². The number of hydrogen-bond acceptors (Lipinski definition) is 20. The summed E-state index contributed by atoms with van der Waals surface area (Å²) in [7, 11) is 0. The van der Waals surface area contributed by atoms with Crippen LogP contribution in [0, 0.1) is 91.9 Å². The minimum absolute atomic E-state index is 0.347. The van der Waals surface area contributed by atoms with Crippen molar-refractivity contribution in [3.63, 3.8) is 0 Å². The molecule has 0 saturated heterocycles. The van der Waals surface area contributed by atoms with Crippen LogP contribution in [0.1, 0.15) is 81.0 Å². The van der Waals surface area contributed by atoms with Gasteiger partial charge in [-0.1, -0.05) is 48.5 Å². The van der Waals surface area contributed by atoms with Gasteiger partial charge in [-0.3, -0.25) is 0 Å². The fraction of sp³-hybridized carbons (Fsp3) is 0.176. The third-order valence-corrected chi connectivity index (χ3v) is 15.4. The zero-order valence-corrected chi connectivity index (χ0v) is 50.6. The fourth-order valence-electron chi connectivity index (χ4n) is 11.8. The molecule has 0 atom stereocenters. The molecule has 0 saturated carbocycles. The molecule has 0 aliphatic rings. The Bertz CT molecular complexity index is 5250. The van der Waals surface area contributed by atoms with Gasteiger partial charge in [0.1, 0.15) is 69.9 Å². The van der Waals surface area contributed by atoms with Crippen molar-refractivity contribution < 1.29 is 0 Å². The maximum Gasteiger partial charge on any atom is 0.164 e. The van der Waals surface area contributed by atoms with Gasteiger partial charge in [0.05, 0.1) is 45.3 Å². The van der Waals surface area contributed by atoms with Gasteiger partial charge in [0.15, 0.2) is 34.9 Å². The maximum absolute atomic E-state index is 10.7. The second-order valence-electron chi connectivity index (χ2n) is 22.0. The van der Waals surface area contributed by atoms with E-state index in [1.807, 2.05) is 124 Å². The molecular formula is C68H52N22. The number of benzene rings is 6. The van der Waals surface area contributed by atoms with Crippen LogP contribution in [0.3, 0.4) is 0 Å². The van der Waals surface area contributed by atoms with E-state index in [0.29, 0.717) is 140 Å². The summed E-state index contributed by atoms with van der Waals surface area (Å²) in [6.45, 7) is 18.4. The molecule has 90 heavy (non-hydrogen) atoms. The van der Waals surface area contributed by atoms with Gasteiger partial charge in [-0.05, 0) is 130 Å². The van der Waals surface area contributed by atoms with Crippen LogP contribution in [0.4, 0.5) is 0 Å². The molecule has 0 N–H and O–H groups in total. The molecule has 8 aromatic heterocycles. The zero-order valence-electron chi connectivity index (χ0n) is 50.6. The Kier molecular flexibility index (Phi) is 13.7. The molecular weight excluding hydrogens is 1120 g/mol. The second-order valence-corrected chi connectivity index (χ2v) is 22.0. The first-order chi connectivity index (χ1) is 43.5. The van der Waals surface area contributed by atoms with Crippen molar-refractivity contribution in [1.29, 1.82) is 10.5 Å². The molecule has 14 rings (SSSR count).